The lowest BCUT2D eigenvalue weighted by molar-refractivity contribution is 0.210. The molecule has 0 spiro atoms. The summed E-state index contributed by atoms with van der Waals surface area (Å²) in [5.41, 5.74) is 1.87. The predicted octanol–water partition coefficient (Wildman–Crippen LogP) is 5.19. The molecular formula is C14H10Cl3NO. The van der Waals surface area contributed by atoms with Gasteiger partial charge in [0.15, 0.2) is 5.75 Å². The highest BCUT2D eigenvalue weighted by Crippen LogP contribution is 2.40. The Morgan fingerprint density at radius 3 is 2.63 bits per heavy atom. The molecule has 0 aliphatic carbocycles. The van der Waals surface area contributed by atoms with E-state index in [1.54, 1.807) is 12.1 Å². The van der Waals surface area contributed by atoms with Gasteiger partial charge in [0, 0.05) is 0 Å². The fraction of sp³-hybridized carbons (Fsp3) is 0.143. The van der Waals surface area contributed by atoms with Gasteiger partial charge in [-0.15, -0.1) is 0 Å². The topological polar surface area (TPSA) is 21.3 Å². The number of hydrogen-bond donors (Lipinski definition) is 1. The minimum Gasteiger partial charge on any atom is -0.480 e. The van der Waals surface area contributed by atoms with Crippen LogP contribution in [0.5, 0.6) is 5.75 Å². The molecule has 3 rings (SSSR count). The van der Waals surface area contributed by atoms with Gasteiger partial charge >= 0.3 is 0 Å². The van der Waals surface area contributed by atoms with E-state index in [9.17, 15) is 0 Å². The number of halogens is 3. The van der Waals surface area contributed by atoms with Crippen molar-refractivity contribution in [2.24, 2.45) is 0 Å². The third-order valence-electron chi connectivity index (χ3n) is 3.02. The zero-order chi connectivity index (χ0) is 13.4. The van der Waals surface area contributed by atoms with E-state index < -0.39 is 0 Å². The van der Waals surface area contributed by atoms with Gasteiger partial charge in [-0.25, -0.2) is 0 Å². The van der Waals surface area contributed by atoms with E-state index in [0.717, 1.165) is 11.3 Å². The normalized spacial score (nSPS) is 17.3. The predicted molar refractivity (Wildman–Crippen MR) is 79.8 cm³/mol. The quantitative estimate of drug-likeness (QED) is 0.782. The van der Waals surface area contributed by atoms with Crippen LogP contribution in [0.15, 0.2) is 36.4 Å². The van der Waals surface area contributed by atoms with E-state index in [2.05, 4.69) is 5.32 Å². The summed E-state index contributed by atoms with van der Waals surface area (Å²) >= 11 is 18.1. The van der Waals surface area contributed by atoms with Crippen LogP contribution in [0.25, 0.3) is 0 Å². The van der Waals surface area contributed by atoms with E-state index in [0.29, 0.717) is 27.4 Å². The molecule has 5 heteroatoms. The van der Waals surface area contributed by atoms with Crippen molar-refractivity contribution in [3.05, 3.63) is 57.0 Å². The maximum absolute atomic E-state index is 6.14. The lowest BCUT2D eigenvalue weighted by Gasteiger charge is -2.28. The van der Waals surface area contributed by atoms with Crippen molar-refractivity contribution in [1.29, 1.82) is 0 Å². The lowest BCUT2D eigenvalue weighted by atomic mass is 10.1. The van der Waals surface area contributed by atoms with E-state index in [1.165, 1.54) is 0 Å². The number of nitrogens with one attached hydrogen (secondary N) is 1. The Kier molecular flexibility index (Phi) is 3.48. The Morgan fingerprint density at radius 2 is 1.84 bits per heavy atom. The Hall–Kier alpha value is -1.09. The third kappa shape index (κ3) is 2.48. The second kappa shape index (κ2) is 5.12. The molecule has 1 heterocycles. The fourth-order valence-corrected chi connectivity index (χ4v) is 2.58. The molecule has 0 aromatic heterocycles. The van der Waals surface area contributed by atoms with Gasteiger partial charge < -0.3 is 10.1 Å². The van der Waals surface area contributed by atoms with Crippen LogP contribution in [-0.2, 0) is 0 Å². The standard InChI is InChI=1S/C14H10Cl3NO/c15-9-5-4-8(6-11(9)17)13-7-18-12-3-1-2-10(16)14(12)19-13/h1-6,13,18H,7H2. The highest BCUT2D eigenvalue weighted by molar-refractivity contribution is 6.42. The Balaban J connectivity index is 1.93. The van der Waals surface area contributed by atoms with Gasteiger partial charge in [0.2, 0.25) is 0 Å². The number of hydrogen-bond acceptors (Lipinski definition) is 2. The maximum atomic E-state index is 6.14. The van der Waals surface area contributed by atoms with Crippen LogP contribution in [0.2, 0.25) is 15.1 Å². The second-order valence-electron chi connectivity index (χ2n) is 4.28. The van der Waals surface area contributed by atoms with Crippen LogP contribution in [-0.4, -0.2) is 6.54 Å². The zero-order valence-corrected chi connectivity index (χ0v) is 12.1. The van der Waals surface area contributed by atoms with Crippen LogP contribution >= 0.6 is 34.8 Å². The van der Waals surface area contributed by atoms with Gasteiger partial charge in [-0.3, -0.25) is 0 Å². The Bertz CT molecular complexity index is 630. The molecule has 0 fully saturated rings. The monoisotopic (exact) mass is 313 g/mol. The molecular weight excluding hydrogens is 305 g/mol. The average molecular weight is 315 g/mol. The highest BCUT2D eigenvalue weighted by atomic mass is 35.5. The summed E-state index contributed by atoms with van der Waals surface area (Å²) in [5, 5.41) is 4.95. The molecule has 98 valence electrons. The van der Waals surface area contributed by atoms with Crippen LogP contribution in [0.1, 0.15) is 11.7 Å². The number of fused-ring (bicyclic) bond motifs is 1. The molecule has 0 saturated heterocycles. The first-order valence-electron chi connectivity index (χ1n) is 5.79. The van der Waals surface area contributed by atoms with Crippen molar-refractivity contribution in [3.8, 4) is 5.75 Å². The summed E-state index contributed by atoms with van der Waals surface area (Å²) in [4.78, 5) is 0. The molecule has 1 aliphatic heterocycles. The van der Waals surface area contributed by atoms with Crippen LogP contribution < -0.4 is 10.1 Å². The minimum absolute atomic E-state index is 0.137. The van der Waals surface area contributed by atoms with Crippen molar-refractivity contribution < 1.29 is 4.74 Å². The van der Waals surface area contributed by atoms with Crippen LogP contribution in [0, 0.1) is 0 Å². The van der Waals surface area contributed by atoms with Gasteiger partial charge in [0.05, 0.1) is 27.3 Å². The lowest BCUT2D eigenvalue weighted by Crippen LogP contribution is -2.23. The maximum Gasteiger partial charge on any atom is 0.161 e. The van der Waals surface area contributed by atoms with Crippen molar-refractivity contribution >= 4 is 40.5 Å². The summed E-state index contributed by atoms with van der Waals surface area (Å²) in [6.45, 7) is 0.658. The van der Waals surface area contributed by atoms with Gasteiger partial charge in [-0.1, -0.05) is 46.9 Å². The number of ether oxygens (including phenoxy) is 1. The van der Waals surface area contributed by atoms with E-state index >= 15 is 0 Å². The third-order valence-corrected chi connectivity index (χ3v) is 4.06. The molecule has 0 amide bonds. The number of rotatable bonds is 1. The van der Waals surface area contributed by atoms with Crippen LogP contribution in [0.3, 0.4) is 0 Å². The largest absolute Gasteiger partial charge is 0.480 e. The number of anilines is 1. The minimum atomic E-state index is -0.137. The van der Waals surface area contributed by atoms with Gasteiger partial charge in [0.25, 0.3) is 0 Å². The summed E-state index contributed by atoms with van der Waals surface area (Å²) in [6, 6.07) is 11.1. The first-order chi connectivity index (χ1) is 9.15. The number of benzene rings is 2. The molecule has 0 bridgehead atoms. The smallest absolute Gasteiger partial charge is 0.161 e. The van der Waals surface area contributed by atoms with Crippen molar-refractivity contribution in [3.63, 3.8) is 0 Å². The SMILES string of the molecule is Clc1ccc(C2CNc3cccc(Cl)c3O2)cc1Cl. The summed E-state index contributed by atoms with van der Waals surface area (Å²) in [6.07, 6.45) is -0.137. The van der Waals surface area contributed by atoms with Gasteiger partial charge in [-0.2, -0.15) is 0 Å². The molecule has 2 aromatic rings. The molecule has 2 nitrogen and oxygen atoms in total. The first-order valence-corrected chi connectivity index (χ1v) is 6.92. The van der Waals surface area contributed by atoms with E-state index in [4.69, 9.17) is 39.5 Å². The first kappa shape index (κ1) is 12.9. The van der Waals surface area contributed by atoms with E-state index in [-0.39, 0.29) is 6.10 Å². The molecule has 0 radical (unpaired) electrons. The summed E-state index contributed by atoms with van der Waals surface area (Å²) < 4.78 is 5.95. The molecule has 1 unspecified atom stereocenters. The zero-order valence-electron chi connectivity index (χ0n) is 9.79. The number of para-hydroxylation sites is 1. The van der Waals surface area contributed by atoms with Crippen molar-refractivity contribution in [1.82, 2.24) is 0 Å². The Morgan fingerprint density at radius 1 is 1.00 bits per heavy atom. The molecule has 2 aromatic carbocycles. The van der Waals surface area contributed by atoms with Crippen LogP contribution in [0.4, 0.5) is 5.69 Å². The van der Waals surface area contributed by atoms with Crippen molar-refractivity contribution in [2.75, 3.05) is 11.9 Å². The summed E-state index contributed by atoms with van der Waals surface area (Å²) in [7, 11) is 0. The summed E-state index contributed by atoms with van der Waals surface area (Å²) in [5.74, 6) is 0.673. The average Bonchev–Trinajstić information content (AvgIpc) is 2.42. The molecule has 1 aliphatic rings. The second-order valence-corrected chi connectivity index (χ2v) is 5.50. The Labute approximate surface area is 126 Å². The molecule has 1 atom stereocenters. The molecule has 0 saturated carbocycles. The van der Waals surface area contributed by atoms with Gasteiger partial charge in [0.1, 0.15) is 6.10 Å². The van der Waals surface area contributed by atoms with Crippen molar-refractivity contribution in [2.45, 2.75) is 6.10 Å². The highest BCUT2D eigenvalue weighted by Gasteiger charge is 2.23. The molecule has 19 heavy (non-hydrogen) atoms. The van der Waals surface area contributed by atoms with E-state index in [1.807, 2.05) is 24.3 Å². The fourth-order valence-electron chi connectivity index (χ4n) is 2.05. The van der Waals surface area contributed by atoms with Gasteiger partial charge in [-0.05, 0) is 29.8 Å². The molecule has 1 N–H and O–H groups in total.